The zero-order valence-corrected chi connectivity index (χ0v) is 15.3. The Morgan fingerprint density at radius 3 is 2.92 bits per heavy atom. The average molecular weight is 371 g/mol. The van der Waals surface area contributed by atoms with E-state index in [2.05, 4.69) is 4.57 Å². The van der Waals surface area contributed by atoms with E-state index in [1.807, 2.05) is 6.07 Å². The van der Waals surface area contributed by atoms with E-state index in [-0.39, 0.29) is 16.7 Å². The van der Waals surface area contributed by atoms with E-state index >= 15 is 0 Å². The molecule has 1 atom stereocenters. The van der Waals surface area contributed by atoms with E-state index in [0.717, 1.165) is 63.1 Å². The van der Waals surface area contributed by atoms with Crippen LogP contribution in [0.3, 0.4) is 0 Å². The van der Waals surface area contributed by atoms with Crippen LogP contribution in [0.5, 0.6) is 0 Å². The molecule has 1 aromatic heterocycles. The summed E-state index contributed by atoms with van der Waals surface area (Å²) >= 11 is 5.56. The first-order valence-corrected chi connectivity index (χ1v) is 9.53. The van der Waals surface area contributed by atoms with Crippen molar-refractivity contribution in [1.29, 1.82) is 0 Å². The molecule has 0 radical (unpaired) electrons. The van der Waals surface area contributed by atoms with E-state index in [9.17, 15) is 10.1 Å². The zero-order valence-electron chi connectivity index (χ0n) is 14.5. The Morgan fingerprint density at radius 2 is 2.15 bits per heavy atom. The highest BCUT2D eigenvalue weighted by molar-refractivity contribution is 7.71. The summed E-state index contributed by atoms with van der Waals surface area (Å²) in [6, 6.07) is 6.65. The molecule has 7 heteroatoms. The lowest BCUT2D eigenvalue weighted by Crippen LogP contribution is -2.24. The quantitative estimate of drug-likeness (QED) is 0.457. The molecule has 1 aliphatic heterocycles. The van der Waals surface area contributed by atoms with Crippen molar-refractivity contribution < 1.29 is 9.66 Å². The molecule has 1 unspecified atom stereocenters. The van der Waals surface area contributed by atoms with Gasteiger partial charge < -0.3 is 9.30 Å². The molecule has 0 saturated carbocycles. The third-order valence-corrected chi connectivity index (χ3v) is 5.55. The number of benzene rings is 1. The number of fused-ring (bicyclic) bond motifs is 1. The summed E-state index contributed by atoms with van der Waals surface area (Å²) in [5, 5.41) is 11.2. The van der Waals surface area contributed by atoms with Crippen molar-refractivity contribution >= 4 is 17.9 Å². The predicted molar refractivity (Wildman–Crippen MR) is 101 cm³/mol. The van der Waals surface area contributed by atoms with Crippen LogP contribution in [0.1, 0.15) is 36.9 Å². The number of hydrogen-bond donors (Lipinski definition) is 0. The topological polar surface area (TPSA) is 70.2 Å². The Bertz CT molecular complexity index is 903. The molecular weight excluding hydrogens is 350 g/mol. The van der Waals surface area contributed by atoms with Crippen molar-refractivity contribution in [2.45, 2.75) is 51.2 Å². The molecule has 1 fully saturated rings. The third kappa shape index (κ3) is 3.29. The second-order valence-electron chi connectivity index (χ2n) is 6.93. The van der Waals surface area contributed by atoms with Gasteiger partial charge in [-0.15, -0.1) is 0 Å². The predicted octanol–water partition coefficient (Wildman–Crippen LogP) is 4.25. The monoisotopic (exact) mass is 371 g/mol. The van der Waals surface area contributed by atoms with E-state index in [4.69, 9.17) is 21.9 Å². The van der Waals surface area contributed by atoms with Crippen LogP contribution in [-0.2, 0) is 24.1 Å². The van der Waals surface area contributed by atoms with Crippen LogP contribution in [0.2, 0.25) is 0 Å². The van der Waals surface area contributed by atoms with Crippen molar-refractivity contribution in [3.05, 3.63) is 50.3 Å². The van der Waals surface area contributed by atoms with Gasteiger partial charge in [-0.05, 0) is 38.5 Å². The highest BCUT2D eigenvalue weighted by Crippen LogP contribution is 2.30. The lowest BCUT2D eigenvalue weighted by molar-refractivity contribution is -0.384. The maximum atomic E-state index is 11.2. The van der Waals surface area contributed by atoms with Crippen LogP contribution in [-0.4, -0.2) is 27.2 Å². The van der Waals surface area contributed by atoms with Crippen LogP contribution in [0, 0.1) is 14.8 Å². The fourth-order valence-electron chi connectivity index (χ4n) is 3.94. The van der Waals surface area contributed by atoms with Crippen LogP contribution >= 0.6 is 12.2 Å². The highest BCUT2D eigenvalue weighted by Gasteiger charge is 2.24. The normalized spacial score (nSPS) is 19.3. The standard InChI is InChI=1S/C19H21N3O3S/c23-22(24)14-6-3-5-13(11-14)18-20-19(26)16-8-1-2-9-17(16)21(18)12-15-7-4-10-25-15/h3,5-6,11,15H,1-2,4,7-10,12H2. The van der Waals surface area contributed by atoms with Gasteiger partial charge in [0.25, 0.3) is 5.69 Å². The van der Waals surface area contributed by atoms with Crippen molar-refractivity contribution in [1.82, 2.24) is 9.55 Å². The van der Waals surface area contributed by atoms with Gasteiger partial charge in [-0.3, -0.25) is 10.1 Å². The molecule has 6 nitrogen and oxygen atoms in total. The van der Waals surface area contributed by atoms with Crippen LogP contribution in [0.25, 0.3) is 11.4 Å². The van der Waals surface area contributed by atoms with E-state index in [1.54, 1.807) is 12.1 Å². The molecule has 1 aromatic carbocycles. The summed E-state index contributed by atoms with van der Waals surface area (Å²) in [5.74, 6) is 0.717. The Morgan fingerprint density at radius 1 is 1.31 bits per heavy atom. The van der Waals surface area contributed by atoms with E-state index in [1.165, 1.54) is 17.3 Å². The minimum absolute atomic E-state index is 0.0663. The summed E-state index contributed by atoms with van der Waals surface area (Å²) in [6.07, 6.45) is 6.47. The number of non-ortho nitro benzene ring substituents is 1. The number of nitro benzene ring substituents is 1. The Labute approximate surface area is 157 Å². The van der Waals surface area contributed by atoms with Gasteiger partial charge in [0.2, 0.25) is 0 Å². The lowest BCUT2D eigenvalue weighted by Gasteiger charge is -2.26. The SMILES string of the molecule is O=[N+]([O-])c1cccc(-c2nc(=S)c3c(n2CC2CCCO2)CCCC3)c1. The molecule has 0 amide bonds. The van der Waals surface area contributed by atoms with Gasteiger partial charge in [0.15, 0.2) is 0 Å². The molecule has 0 spiro atoms. The minimum Gasteiger partial charge on any atom is -0.376 e. The van der Waals surface area contributed by atoms with E-state index < -0.39 is 0 Å². The number of ether oxygens (including phenoxy) is 1. The van der Waals surface area contributed by atoms with Crippen LogP contribution in [0.15, 0.2) is 24.3 Å². The first kappa shape index (κ1) is 17.3. The number of nitro groups is 1. The minimum atomic E-state index is -0.374. The second-order valence-corrected chi connectivity index (χ2v) is 7.31. The Balaban J connectivity index is 1.87. The molecule has 2 heterocycles. The number of rotatable bonds is 4. The number of aromatic nitrogens is 2. The molecule has 1 aliphatic carbocycles. The molecule has 136 valence electrons. The summed E-state index contributed by atoms with van der Waals surface area (Å²) in [5.41, 5.74) is 3.19. The fourth-order valence-corrected chi connectivity index (χ4v) is 4.24. The van der Waals surface area contributed by atoms with Gasteiger partial charge in [0, 0.05) is 35.6 Å². The van der Waals surface area contributed by atoms with Crippen molar-refractivity contribution in [2.75, 3.05) is 6.61 Å². The van der Waals surface area contributed by atoms with Gasteiger partial charge >= 0.3 is 0 Å². The van der Waals surface area contributed by atoms with Gasteiger partial charge in [0.05, 0.1) is 17.6 Å². The second kappa shape index (κ2) is 7.25. The van der Waals surface area contributed by atoms with Gasteiger partial charge in [-0.1, -0.05) is 24.4 Å². The van der Waals surface area contributed by atoms with Gasteiger partial charge in [-0.25, -0.2) is 4.98 Å². The maximum absolute atomic E-state index is 11.2. The average Bonchev–Trinajstić information content (AvgIpc) is 3.17. The summed E-state index contributed by atoms with van der Waals surface area (Å²) in [4.78, 5) is 15.5. The van der Waals surface area contributed by atoms with Gasteiger partial charge in [0.1, 0.15) is 10.5 Å². The molecular formula is C19H21N3O3S. The van der Waals surface area contributed by atoms with Crippen molar-refractivity contribution in [3.63, 3.8) is 0 Å². The first-order chi connectivity index (χ1) is 12.6. The third-order valence-electron chi connectivity index (χ3n) is 5.21. The Kier molecular flexibility index (Phi) is 4.82. The smallest absolute Gasteiger partial charge is 0.270 e. The van der Waals surface area contributed by atoms with Gasteiger partial charge in [-0.2, -0.15) is 0 Å². The molecule has 1 saturated heterocycles. The summed E-state index contributed by atoms with van der Waals surface area (Å²) in [6.45, 7) is 1.52. The molecule has 26 heavy (non-hydrogen) atoms. The molecule has 0 bridgehead atoms. The van der Waals surface area contributed by atoms with Crippen LogP contribution in [0.4, 0.5) is 5.69 Å². The van der Waals surface area contributed by atoms with Crippen LogP contribution < -0.4 is 0 Å². The lowest BCUT2D eigenvalue weighted by atomic mass is 9.96. The summed E-state index contributed by atoms with van der Waals surface area (Å²) < 4.78 is 8.69. The van der Waals surface area contributed by atoms with Crippen molar-refractivity contribution in [3.8, 4) is 11.4 Å². The zero-order chi connectivity index (χ0) is 18.1. The van der Waals surface area contributed by atoms with E-state index in [0.29, 0.717) is 4.64 Å². The molecule has 2 aromatic rings. The molecule has 4 rings (SSSR count). The van der Waals surface area contributed by atoms with Crippen molar-refractivity contribution in [2.24, 2.45) is 0 Å². The maximum Gasteiger partial charge on any atom is 0.270 e. The fraction of sp³-hybridized carbons (Fsp3) is 0.474. The largest absolute Gasteiger partial charge is 0.376 e. The summed E-state index contributed by atoms with van der Waals surface area (Å²) in [7, 11) is 0. The number of nitrogens with zero attached hydrogens (tertiary/aromatic N) is 3. The Hall–Kier alpha value is -2.12. The molecule has 0 N–H and O–H groups in total. The number of hydrogen-bond acceptors (Lipinski definition) is 5. The highest BCUT2D eigenvalue weighted by atomic mass is 32.1. The first-order valence-electron chi connectivity index (χ1n) is 9.12. The molecule has 2 aliphatic rings.